The van der Waals surface area contributed by atoms with Crippen LogP contribution in [0, 0.1) is 0 Å². The van der Waals surface area contributed by atoms with Gasteiger partial charge in [-0.05, 0) is 14.0 Å². The molecule has 3 nitrogen and oxygen atoms in total. The summed E-state index contributed by atoms with van der Waals surface area (Å²) < 4.78 is 39.7. The van der Waals surface area contributed by atoms with E-state index in [1.165, 1.54) is 7.05 Å². The zero-order valence-corrected chi connectivity index (χ0v) is 7.52. The van der Waals surface area contributed by atoms with E-state index in [1.807, 2.05) is 0 Å². The molecule has 0 fully saturated rings. The van der Waals surface area contributed by atoms with E-state index in [0.29, 0.717) is 0 Å². The van der Waals surface area contributed by atoms with Gasteiger partial charge in [0.05, 0.1) is 19.7 Å². The van der Waals surface area contributed by atoms with E-state index in [0.717, 1.165) is 4.90 Å². The van der Waals surface area contributed by atoms with Crippen LogP contribution in [0.1, 0.15) is 6.92 Å². The number of likely N-dealkylation sites (N-methyl/N-ethyl adjacent to an activating group) is 1. The van der Waals surface area contributed by atoms with Crippen molar-refractivity contribution in [3.63, 3.8) is 0 Å². The van der Waals surface area contributed by atoms with Gasteiger partial charge in [-0.15, -0.1) is 0 Å². The molecule has 0 aromatic heterocycles. The Morgan fingerprint density at radius 3 is 2.38 bits per heavy atom. The molecular formula is C7H12F3NO2. The number of carbonyl (C=O) groups excluding carboxylic acids is 1. The Hall–Kier alpha value is -0.780. The summed E-state index contributed by atoms with van der Waals surface area (Å²) in [6.07, 6.45) is -4.28. The third-order valence-corrected chi connectivity index (χ3v) is 1.15. The molecule has 0 saturated heterocycles. The van der Waals surface area contributed by atoms with Gasteiger partial charge in [-0.2, -0.15) is 13.2 Å². The van der Waals surface area contributed by atoms with E-state index in [9.17, 15) is 18.0 Å². The highest BCUT2D eigenvalue weighted by molar-refractivity contribution is 5.71. The molecule has 0 heterocycles. The highest BCUT2D eigenvalue weighted by Gasteiger charge is 2.29. The quantitative estimate of drug-likeness (QED) is 0.633. The summed E-state index contributed by atoms with van der Waals surface area (Å²) >= 11 is 0. The lowest BCUT2D eigenvalue weighted by atomic mass is 10.5. The number of halogens is 3. The summed E-state index contributed by atoms with van der Waals surface area (Å²) in [6.45, 7) is 0.333. The topological polar surface area (TPSA) is 29.5 Å². The van der Waals surface area contributed by atoms with Crippen molar-refractivity contribution >= 4 is 5.97 Å². The van der Waals surface area contributed by atoms with Crippen molar-refractivity contribution in [1.82, 2.24) is 4.90 Å². The van der Waals surface area contributed by atoms with E-state index in [1.54, 1.807) is 6.92 Å². The fourth-order valence-electron chi connectivity index (χ4n) is 0.789. The van der Waals surface area contributed by atoms with Crippen molar-refractivity contribution < 1.29 is 22.7 Å². The first kappa shape index (κ1) is 12.2. The normalized spacial score (nSPS) is 11.8. The molecule has 0 aliphatic carbocycles. The van der Waals surface area contributed by atoms with Crippen LogP contribution >= 0.6 is 0 Å². The molecule has 0 atom stereocenters. The second-order valence-corrected chi connectivity index (χ2v) is 2.59. The van der Waals surface area contributed by atoms with E-state index < -0.39 is 18.7 Å². The molecule has 13 heavy (non-hydrogen) atoms. The second kappa shape index (κ2) is 5.06. The minimum Gasteiger partial charge on any atom is -0.465 e. The molecule has 0 aromatic rings. The van der Waals surface area contributed by atoms with Gasteiger partial charge in [0.1, 0.15) is 0 Å². The zero-order valence-electron chi connectivity index (χ0n) is 7.52. The van der Waals surface area contributed by atoms with Crippen LogP contribution in [0.4, 0.5) is 13.2 Å². The first-order valence-corrected chi connectivity index (χ1v) is 3.76. The van der Waals surface area contributed by atoms with Crippen LogP contribution in [0.3, 0.4) is 0 Å². The van der Waals surface area contributed by atoms with Crippen LogP contribution in [0.25, 0.3) is 0 Å². The third-order valence-electron chi connectivity index (χ3n) is 1.15. The molecule has 0 N–H and O–H groups in total. The molecule has 0 saturated carbocycles. The van der Waals surface area contributed by atoms with Gasteiger partial charge in [-0.3, -0.25) is 9.69 Å². The Balaban J connectivity index is 3.74. The summed E-state index contributed by atoms with van der Waals surface area (Å²) in [7, 11) is 1.21. The summed E-state index contributed by atoms with van der Waals surface area (Å²) in [4.78, 5) is 11.6. The van der Waals surface area contributed by atoms with Crippen molar-refractivity contribution in [2.24, 2.45) is 0 Å². The molecule has 6 heteroatoms. The average molecular weight is 199 g/mol. The molecule has 78 valence electrons. The lowest BCUT2D eigenvalue weighted by molar-refractivity contribution is -0.154. The Morgan fingerprint density at radius 2 is 2.00 bits per heavy atom. The summed E-state index contributed by atoms with van der Waals surface area (Å²) in [5.41, 5.74) is 0. The van der Waals surface area contributed by atoms with Crippen molar-refractivity contribution in [1.29, 1.82) is 0 Å². The summed E-state index contributed by atoms with van der Waals surface area (Å²) in [5, 5.41) is 0. The lowest BCUT2D eigenvalue weighted by Gasteiger charge is -2.16. The van der Waals surface area contributed by atoms with Crippen LogP contribution < -0.4 is 0 Å². The largest absolute Gasteiger partial charge is 0.465 e. The van der Waals surface area contributed by atoms with Crippen molar-refractivity contribution in [2.45, 2.75) is 13.1 Å². The maximum absolute atomic E-state index is 11.7. The van der Waals surface area contributed by atoms with Crippen LogP contribution in [0.2, 0.25) is 0 Å². The Morgan fingerprint density at radius 1 is 1.46 bits per heavy atom. The number of hydrogen-bond acceptors (Lipinski definition) is 3. The van der Waals surface area contributed by atoms with Gasteiger partial charge < -0.3 is 4.74 Å². The molecular weight excluding hydrogens is 187 g/mol. The average Bonchev–Trinajstić information content (AvgIpc) is 1.81. The summed E-state index contributed by atoms with van der Waals surface area (Å²) in [5.74, 6) is -0.644. The van der Waals surface area contributed by atoms with Crippen molar-refractivity contribution in [3.05, 3.63) is 0 Å². The van der Waals surface area contributed by atoms with E-state index in [4.69, 9.17) is 0 Å². The molecule has 0 aliphatic rings. The van der Waals surface area contributed by atoms with Gasteiger partial charge in [-0.1, -0.05) is 0 Å². The molecule has 0 aliphatic heterocycles. The van der Waals surface area contributed by atoms with Crippen LogP contribution in [-0.4, -0.2) is 43.8 Å². The van der Waals surface area contributed by atoms with Crippen molar-refractivity contribution in [3.8, 4) is 0 Å². The maximum atomic E-state index is 11.7. The van der Waals surface area contributed by atoms with Gasteiger partial charge in [0.25, 0.3) is 0 Å². The van der Waals surface area contributed by atoms with Gasteiger partial charge in [0.15, 0.2) is 0 Å². The molecule has 0 amide bonds. The van der Waals surface area contributed by atoms with Gasteiger partial charge in [0.2, 0.25) is 0 Å². The van der Waals surface area contributed by atoms with Gasteiger partial charge in [-0.25, -0.2) is 0 Å². The molecule has 0 spiro atoms. The monoisotopic (exact) mass is 199 g/mol. The fourth-order valence-corrected chi connectivity index (χ4v) is 0.789. The van der Waals surface area contributed by atoms with Gasteiger partial charge >= 0.3 is 12.1 Å². The summed E-state index contributed by atoms with van der Waals surface area (Å²) in [6, 6.07) is 0. The molecule has 0 radical (unpaired) electrons. The van der Waals surface area contributed by atoms with E-state index in [2.05, 4.69) is 4.74 Å². The fraction of sp³-hybridized carbons (Fsp3) is 0.857. The lowest BCUT2D eigenvalue weighted by Crippen LogP contribution is -2.35. The molecule has 0 unspecified atom stereocenters. The van der Waals surface area contributed by atoms with Crippen LogP contribution in [0.15, 0.2) is 0 Å². The van der Waals surface area contributed by atoms with Crippen LogP contribution in [0.5, 0.6) is 0 Å². The predicted molar refractivity (Wildman–Crippen MR) is 40.2 cm³/mol. The van der Waals surface area contributed by atoms with Crippen molar-refractivity contribution in [2.75, 3.05) is 26.7 Å². The van der Waals surface area contributed by atoms with Crippen LogP contribution in [-0.2, 0) is 9.53 Å². The zero-order chi connectivity index (χ0) is 10.5. The minimum atomic E-state index is -4.28. The SMILES string of the molecule is CCOC(=O)CN(C)CC(F)(F)F. The number of alkyl halides is 3. The Bertz CT molecular complexity index is 170. The first-order valence-electron chi connectivity index (χ1n) is 3.76. The van der Waals surface area contributed by atoms with E-state index in [-0.39, 0.29) is 13.2 Å². The smallest absolute Gasteiger partial charge is 0.401 e. The van der Waals surface area contributed by atoms with E-state index >= 15 is 0 Å². The maximum Gasteiger partial charge on any atom is 0.401 e. The number of rotatable bonds is 4. The Labute approximate surface area is 74.5 Å². The molecule has 0 rings (SSSR count). The Kier molecular flexibility index (Phi) is 4.76. The number of hydrogen-bond donors (Lipinski definition) is 0. The number of nitrogens with zero attached hydrogens (tertiary/aromatic N) is 1. The predicted octanol–water partition coefficient (Wildman–Crippen LogP) is 1.04. The molecule has 0 aromatic carbocycles. The number of esters is 1. The minimum absolute atomic E-state index is 0.179. The standard InChI is InChI=1S/C7H12F3NO2/c1-3-13-6(12)4-11(2)5-7(8,9)10/h3-5H2,1-2H3. The third kappa shape index (κ3) is 7.58. The number of ether oxygens (including phenoxy) is 1. The molecule has 0 bridgehead atoms. The highest BCUT2D eigenvalue weighted by Crippen LogP contribution is 2.15. The second-order valence-electron chi connectivity index (χ2n) is 2.59. The number of carbonyl (C=O) groups is 1. The first-order chi connectivity index (χ1) is 5.85. The van der Waals surface area contributed by atoms with Gasteiger partial charge in [0, 0.05) is 0 Å². The highest BCUT2D eigenvalue weighted by atomic mass is 19.4.